The first-order valence-electron chi connectivity index (χ1n) is 18.1. The van der Waals surface area contributed by atoms with Gasteiger partial charge in [-0.3, -0.25) is 4.98 Å². The molecule has 2 heterocycles. The van der Waals surface area contributed by atoms with E-state index in [4.69, 9.17) is 19.9 Å². The molecule has 4 nitrogen and oxygen atoms in total. The summed E-state index contributed by atoms with van der Waals surface area (Å²) in [6, 6.07) is 65.7. The Bertz CT molecular complexity index is 2970. The van der Waals surface area contributed by atoms with Crippen LogP contribution in [0, 0.1) is 0 Å². The molecule has 0 radical (unpaired) electrons. The lowest BCUT2D eigenvalue weighted by atomic mass is 9.92. The molecule has 0 spiro atoms. The third-order valence-corrected chi connectivity index (χ3v) is 10.2. The van der Waals surface area contributed by atoms with Crippen LogP contribution < -0.4 is 0 Å². The second kappa shape index (κ2) is 13.4. The van der Waals surface area contributed by atoms with Crippen LogP contribution in [0.4, 0.5) is 0 Å². The molecule has 2 aromatic heterocycles. The number of aromatic nitrogens is 4. The molecule has 0 aliphatic carbocycles. The molecule has 0 aliphatic heterocycles. The van der Waals surface area contributed by atoms with E-state index in [1.165, 1.54) is 10.9 Å². The summed E-state index contributed by atoms with van der Waals surface area (Å²) in [4.78, 5) is 20.0. The highest BCUT2D eigenvalue weighted by Crippen LogP contribution is 2.38. The number of pyridine rings is 1. The van der Waals surface area contributed by atoms with E-state index in [9.17, 15) is 0 Å². The summed E-state index contributed by atoms with van der Waals surface area (Å²) in [6.45, 7) is 0. The minimum atomic E-state index is 0.636. The summed E-state index contributed by atoms with van der Waals surface area (Å²) in [5.41, 5.74) is 10.7. The van der Waals surface area contributed by atoms with E-state index in [1.807, 2.05) is 42.6 Å². The fourth-order valence-electron chi connectivity index (χ4n) is 7.44. The van der Waals surface area contributed by atoms with Gasteiger partial charge in [-0.1, -0.05) is 170 Å². The molecule has 0 saturated carbocycles. The van der Waals surface area contributed by atoms with Crippen LogP contribution in [0.5, 0.6) is 0 Å². The smallest absolute Gasteiger partial charge is 0.164 e. The van der Waals surface area contributed by atoms with Crippen molar-refractivity contribution in [1.82, 2.24) is 19.9 Å². The van der Waals surface area contributed by atoms with Gasteiger partial charge in [0.05, 0.1) is 5.52 Å². The molecule has 54 heavy (non-hydrogen) atoms. The van der Waals surface area contributed by atoms with Crippen molar-refractivity contribution in [3.05, 3.63) is 194 Å². The average molecular weight is 689 g/mol. The van der Waals surface area contributed by atoms with Gasteiger partial charge in [0.15, 0.2) is 17.5 Å². The standard InChI is InChI=1S/C50H32N4/c1-3-12-33(13-4-1)34-22-24-36(25-23-34)49-52-48(35-14-5-2-6-15-35)53-50(54-49)46-29-28-42(43-20-9-10-21-44(43)46)39-18-11-17-37(30-39)38-26-27-45-41-19-8-7-16-40(41)32-51-47(45)31-38/h1-32H. The number of benzene rings is 8. The highest BCUT2D eigenvalue weighted by molar-refractivity contribution is 6.07. The van der Waals surface area contributed by atoms with Crippen LogP contribution in [0.15, 0.2) is 194 Å². The van der Waals surface area contributed by atoms with Crippen molar-refractivity contribution in [2.24, 2.45) is 0 Å². The first kappa shape index (κ1) is 31.4. The Morgan fingerprint density at radius 2 is 0.778 bits per heavy atom. The first-order valence-corrected chi connectivity index (χ1v) is 18.1. The molecule has 0 atom stereocenters. The molecule has 252 valence electrons. The van der Waals surface area contributed by atoms with Crippen LogP contribution in [-0.4, -0.2) is 19.9 Å². The summed E-state index contributed by atoms with van der Waals surface area (Å²) in [5.74, 6) is 1.91. The average Bonchev–Trinajstić information content (AvgIpc) is 3.26. The van der Waals surface area contributed by atoms with E-state index >= 15 is 0 Å². The summed E-state index contributed by atoms with van der Waals surface area (Å²) < 4.78 is 0. The van der Waals surface area contributed by atoms with Crippen LogP contribution in [0.1, 0.15) is 0 Å². The van der Waals surface area contributed by atoms with Crippen LogP contribution >= 0.6 is 0 Å². The van der Waals surface area contributed by atoms with Crippen molar-refractivity contribution >= 4 is 32.4 Å². The molecule has 8 aromatic carbocycles. The van der Waals surface area contributed by atoms with Crippen LogP contribution in [0.3, 0.4) is 0 Å². The van der Waals surface area contributed by atoms with Crippen molar-refractivity contribution in [3.8, 4) is 67.5 Å². The van der Waals surface area contributed by atoms with Gasteiger partial charge >= 0.3 is 0 Å². The molecule has 0 unspecified atom stereocenters. The zero-order valence-corrected chi connectivity index (χ0v) is 29.3. The molecule has 0 N–H and O–H groups in total. The number of rotatable bonds is 6. The number of hydrogen-bond acceptors (Lipinski definition) is 4. The van der Waals surface area contributed by atoms with Gasteiger partial charge in [0.1, 0.15) is 0 Å². The van der Waals surface area contributed by atoms with Gasteiger partial charge < -0.3 is 0 Å². The molecule has 10 rings (SSSR count). The highest BCUT2D eigenvalue weighted by Gasteiger charge is 2.17. The summed E-state index contributed by atoms with van der Waals surface area (Å²) in [6.07, 6.45) is 1.96. The van der Waals surface area contributed by atoms with Gasteiger partial charge in [-0.25, -0.2) is 15.0 Å². The maximum Gasteiger partial charge on any atom is 0.164 e. The molecule has 4 heteroatoms. The third-order valence-electron chi connectivity index (χ3n) is 10.2. The minimum Gasteiger partial charge on any atom is -0.256 e. The molecular formula is C50H32N4. The Labute approximate surface area is 313 Å². The van der Waals surface area contributed by atoms with Crippen molar-refractivity contribution in [1.29, 1.82) is 0 Å². The quantitative estimate of drug-likeness (QED) is 0.163. The summed E-state index contributed by atoms with van der Waals surface area (Å²) >= 11 is 0. The highest BCUT2D eigenvalue weighted by atomic mass is 15.0. The van der Waals surface area contributed by atoms with E-state index in [0.29, 0.717) is 17.5 Å². The minimum absolute atomic E-state index is 0.636. The molecular weight excluding hydrogens is 657 g/mol. The van der Waals surface area contributed by atoms with E-state index in [-0.39, 0.29) is 0 Å². The van der Waals surface area contributed by atoms with Crippen LogP contribution in [-0.2, 0) is 0 Å². The number of hydrogen-bond donors (Lipinski definition) is 0. The Hall–Kier alpha value is -7.30. The van der Waals surface area contributed by atoms with Gasteiger partial charge in [0.25, 0.3) is 0 Å². The van der Waals surface area contributed by atoms with E-state index in [2.05, 4.69) is 152 Å². The monoisotopic (exact) mass is 688 g/mol. The molecule has 0 aliphatic rings. The molecule has 0 bridgehead atoms. The Balaban J connectivity index is 1.07. The molecule has 10 aromatic rings. The SMILES string of the molecule is c1ccc(-c2ccc(-c3nc(-c4ccccc4)nc(-c4ccc(-c5cccc(-c6ccc7c(c6)ncc6ccccc67)c5)c5ccccc45)n3)cc2)cc1. The van der Waals surface area contributed by atoms with Gasteiger partial charge in [0.2, 0.25) is 0 Å². The summed E-state index contributed by atoms with van der Waals surface area (Å²) in [5, 5.41) is 5.75. The number of nitrogens with zero attached hydrogens (tertiary/aromatic N) is 4. The van der Waals surface area contributed by atoms with Gasteiger partial charge in [0, 0.05) is 33.7 Å². The molecule has 0 fully saturated rings. The Morgan fingerprint density at radius 3 is 1.54 bits per heavy atom. The third kappa shape index (κ3) is 5.76. The fraction of sp³-hybridized carbons (Fsp3) is 0. The number of fused-ring (bicyclic) bond motifs is 4. The molecule has 0 amide bonds. The van der Waals surface area contributed by atoms with E-state index in [0.717, 1.165) is 71.6 Å². The first-order chi connectivity index (χ1) is 26.7. The van der Waals surface area contributed by atoms with Crippen molar-refractivity contribution in [3.63, 3.8) is 0 Å². The van der Waals surface area contributed by atoms with Crippen LogP contribution in [0.25, 0.3) is 100.0 Å². The summed E-state index contributed by atoms with van der Waals surface area (Å²) in [7, 11) is 0. The normalized spacial score (nSPS) is 11.3. The predicted molar refractivity (Wildman–Crippen MR) is 223 cm³/mol. The van der Waals surface area contributed by atoms with Crippen molar-refractivity contribution in [2.45, 2.75) is 0 Å². The van der Waals surface area contributed by atoms with Crippen molar-refractivity contribution in [2.75, 3.05) is 0 Å². The lowest BCUT2D eigenvalue weighted by Crippen LogP contribution is -2.00. The van der Waals surface area contributed by atoms with Gasteiger partial charge in [-0.15, -0.1) is 0 Å². The maximum atomic E-state index is 5.12. The largest absolute Gasteiger partial charge is 0.256 e. The topological polar surface area (TPSA) is 51.6 Å². The van der Waals surface area contributed by atoms with Crippen molar-refractivity contribution < 1.29 is 0 Å². The second-order valence-corrected chi connectivity index (χ2v) is 13.5. The Kier molecular flexibility index (Phi) is 7.77. The maximum absolute atomic E-state index is 5.12. The van der Waals surface area contributed by atoms with E-state index in [1.54, 1.807) is 0 Å². The molecule has 0 saturated heterocycles. The zero-order valence-electron chi connectivity index (χ0n) is 29.3. The Morgan fingerprint density at radius 1 is 0.278 bits per heavy atom. The van der Waals surface area contributed by atoms with Crippen LogP contribution in [0.2, 0.25) is 0 Å². The van der Waals surface area contributed by atoms with Gasteiger partial charge in [-0.2, -0.15) is 0 Å². The second-order valence-electron chi connectivity index (χ2n) is 13.5. The van der Waals surface area contributed by atoms with E-state index < -0.39 is 0 Å². The fourth-order valence-corrected chi connectivity index (χ4v) is 7.44. The predicted octanol–water partition coefficient (Wildman–Crippen LogP) is 12.7. The lowest BCUT2D eigenvalue weighted by Gasteiger charge is -2.14. The van der Waals surface area contributed by atoms with Gasteiger partial charge in [-0.05, 0) is 67.7 Å². The lowest BCUT2D eigenvalue weighted by molar-refractivity contribution is 1.08. The zero-order chi connectivity index (χ0) is 35.8.